The number of nitrogens with one attached hydrogen (secondary N) is 3. The molecule has 0 atom stereocenters. The number of hydrogen-bond donors (Lipinski definition) is 3. The molecular weight excluding hydrogens is 371 g/mol. The third-order valence-corrected chi connectivity index (χ3v) is 5.00. The van der Waals surface area contributed by atoms with E-state index in [9.17, 15) is 26.4 Å². The molecule has 0 aliphatic carbocycles. The number of anilines is 2. The number of H-pyrrole nitrogens is 1. The molecule has 6 nitrogen and oxygen atoms in total. The molecule has 3 rings (SSSR count). The molecule has 0 aliphatic heterocycles. The zero-order valence-corrected chi connectivity index (χ0v) is 13.8. The van der Waals surface area contributed by atoms with Crippen LogP contribution >= 0.6 is 0 Å². The van der Waals surface area contributed by atoms with Gasteiger partial charge in [0.05, 0.1) is 4.90 Å². The van der Waals surface area contributed by atoms with Crippen LogP contribution in [0.4, 0.5) is 29.3 Å². The van der Waals surface area contributed by atoms with Gasteiger partial charge >= 0.3 is 11.5 Å². The molecule has 0 spiro atoms. The van der Waals surface area contributed by atoms with Crippen molar-refractivity contribution in [1.82, 2.24) is 4.98 Å². The van der Waals surface area contributed by atoms with E-state index in [2.05, 4.69) is 15.6 Å². The summed E-state index contributed by atoms with van der Waals surface area (Å²) in [7, 11) is -5.49. The Morgan fingerprint density at radius 1 is 0.962 bits per heavy atom. The average Bonchev–Trinajstić information content (AvgIpc) is 3.01. The third-order valence-electron chi connectivity index (χ3n) is 3.52. The number of carbonyl (C=O) groups excluding carboxylic acids is 1. The quantitative estimate of drug-likeness (QED) is 0.636. The van der Waals surface area contributed by atoms with Gasteiger partial charge in [-0.3, -0.25) is 0 Å². The van der Waals surface area contributed by atoms with Crippen LogP contribution in [0.5, 0.6) is 0 Å². The van der Waals surface area contributed by atoms with Gasteiger partial charge in [0.25, 0.3) is 9.84 Å². The zero-order valence-electron chi connectivity index (χ0n) is 13.0. The standard InChI is InChI=1S/C16H12F3N3O3S/c17-16(18,19)26(24,25)13-3-1-2-11(8-13)21-15(23)22-12-5-4-10-6-7-20-14(10)9-12/h1-9,20H,(H2,21,22,23). The number of alkyl halides is 3. The van der Waals surface area contributed by atoms with Crippen molar-refractivity contribution in [1.29, 1.82) is 0 Å². The van der Waals surface area contributed by atoms with Gasteiger partial charge in [0, 0.05) is 23.1 Å². The van der Waals surface area contributed by atoms with Crippen LogP contribution in [0.2, 0.25) is 0 Å². The van der Waals surface area contributed by atoms with E-state index >= 15 is 0 Å². The van der Waals surface area contributed by atoms with Crippen LogP contribution in [0.15, 0.2) is 59.6 Å². The number of aromatic nitrogens is 1. The summed E-state index contributed by atoms with van der Waals surface area (Å²) < 4.78 is 60.7. The molecule has 10 heteroatoms. The first-order valence-corrected chi connectivity index (χ1v) is 8.72. The fraction of sp³-hybridized carbons (Fsp3) is 0.0625. The van der Waals surface area contributed by atoms with E-state index in [1.54, 1.807) is 24.4 Å². The molecule has 0 unspecified atom stereocenters. The Hall–Kier alpha value is -3.01. The lowest BCUT2D eigenvalue weighted by atomic mass is 10.2. The van der Waals surface area contributed by atoms with Gasteiger partial charge in [-0.25, -0.2) is 13.2 Å². The summed E-state index contributed by atoms with van der Waals surface area (Å²) in [5, 5.41) is 5.77. The fourth-order valence-corrected chi connectivity index (χ4v) is 3.10. The Morgan fingerprint density at radius 2 is 1.65 bits per heavy atom. The Labute approximate surface area is 145 Å². The number of sulfone groups is 1. The molecule has 26 heavy (non-hydrogen) atoms. The fourth-order valence-electron chi connectivity index (χ4n) is 2.29. The van der Waals surface area contributed by atoms with Crippen LogP contribution in [0.3, 0.4) is 0 Å². The number of amides is 2. The number of fused-ring (bicyclic) bond motifs is 1. The smallest absolute Gasteiger partial charge is 0.361 e. The number of urea groups is 1. The Kier molecular flexibility index (Phi) is 4.36. The largest absolute Gasteiger partial charge is 0.501 e. The number of rotatable bonds is 3. The van der Waals surface area contributed by atoms with Gasteiger partial charge in [-0.15, -0.1) is 0 Å². The molecule has 2 aromatic carbocycles. The highest BCUT2D eigenvalue weighted by molar-refractivity contribution is 7.92. The predicted molar refractivity (Wildman–Crippen MR) is 90.6 cm³/mol. The average molecular weight is 383 g/mol. The minimum Gasteiger partial charge on any atom is -0.361 e. The molecule has 0 bridgehead atoms. The first kappa shape index (κ1) is 17.8. The number of halogens is 3. The minimum atomic E-state index is -5.49. The molecule has 1 heterocycles. The number of carbonyl (C=O) groups is 1. The molecule has 3 aromatic rings. The summed E-state index contributed by atoms with van der Waals surface area (Å²) >= 11 is 0. The van der Waals surface area contributed by atoms with Crippen molar-refractivity contribution in [2.45, 2.75) is 10.4 Å². The summed E-state index contributed by atoms with van der Waals surface area (Å²) in [6.07, 6.45) is 1.74. The van der Waals surface area contributed by atoms with Crippen LogP contribution < -0.4 is 10.6 Å². The summed E-state index contributed by atoms with van der Waals surface area (Å²) in [4.78, 5) is 14.0. The highest BCUT2D eigenvalue weighted by atomic mass is 32.2. The number of hydrogen-bond acceptors (Lipinski definition) is 3. The maximum atomic E-state index is 12.6. The minimum absolute atomic E-state index is 0.0891. The van der Waals surface area contributed by atoms with E-state index in [0.29, 0.717) is 5.69 Å². The van der Waals surface area contributed by atoms with Gasteiger partial charge < -0.3 is 15.6 Å². The van der Waals surface area contributed by atoms with Gasteiger partial charge in [-0.2, -0.15) is 13.2 Å². The topological polar surface area (TPSA) is 91.1 Å². The van der Waals surface area contributed by atoms with Crippen LogP contribution in [-0.2, 0) is 9.84 Å². The van der Waals surface area contributed by atoms with Crippen LogP contribution in [0, 0.1) is 0 Å². The van der Waals surface area contributed by atoms with E-state index in [0.717, 1.165) is 29.1 Å². The van der Waals surface area contributed by atoms with Crippen LogP contribution in [-0.4, -0.2) is 24.9 Å². The molecule has 1 aromatic heterocycles. The first-order chi connectivity index (χ1) is 12.2. The zero-order chi connectivity index (χ0) is 18.9. The van der Waals surface area contributed by atoms with E-state index in [1.807, 2.05) is 6.07 Å². The second kappa shape index (κ2) is 6.37. The second-order valence-corrected chi connectivity index (χ2v) is 7.28. The van der Waals surface area contributed by atoms with E-state index in [-0.39, 0.29) is 5.69 Å². The molecular formula is C16H12F3N3O3S. The van der Waals surface area contributed by atoms with Crippen molar-refractivity contribution in [3.63, 3.8) is 0 Å². The molecule has 136 valence electrons. The van der Waals surface area contributed by atoms with Crippen LogP contribution in [0.1, 0.15) is 0 Å². The van der Waals surface area contributed by atoms with Crippen molar-refractivity contribution < 1.29 is 26.4 Å². The lowest BCUT2D eigenvalue weighted by Crippen LogP contribution is -2.24. The van der Waals surface area contributed by atoms with Crippen LogP contribution in [0.25, 0.3) is 10.9 Å². The molecule has 2 amide bonds. The maximum Gasteiger partial charge on any atom is 0.501 e. The number of aromatic amines is 1. The summed E-state index contributed by atoms with van der Waals surface area (Å²) in [6, 6.07) is 10.2. The normalized spacial score (nSPS) is 12.1. The van der Waals surface area contributed by atoms with E-state index in [4.69, 9.17) is 0 Å². The van der Waals surface area contributed by atoms with Gasteiger partial charge in [-0.05, 0) is 41.8 Å². The molecule has 0 fully saturated rings. The Balaban J connectivity index is 1.76. The van der Waals surface area contributed by atoms with Crippen molar-refractivity contribution in [2.24, 2.45) is 0 Å². The molecule has 3 N–H and O–H groups in total. The van der Waals surface area contributed by atoms with Gasteiger partial charge in [-0.1, -0.05) is 12.1 Å². The highest BCUT2D eigenvalue weighted by Gasteiger charge is 2.46. The Bertz CT molecular complexity index is 1070. The van der Waals surface area contributed by atoms with Crippen molar-refractivity contribution >= 4 is 38.1 Å². The van der Waals surface area contributed by atoms with Gasteiger partial charge in [0.15, 0.2) is 0 Å². The predicted octanol–water partition coefficient (Wildman–Crippen LogP) is 4.11. The lowest BCUT2D eigenvalue weighted by Gasteiger charge is -2.11. The Morgan fingerprint density at radius 3 is 2.35 bits per heavy atom. The SMILES string of the molecule is O=C(Nc1cccc(S(=O)(=O)C(F)(F)F)c1)Nc1ccc2cc[nH]c2c1. The summed E-state index contributed by atoms with van der Waals surface area (Å²) in [5.74, 6) is 0. The molecule has 0 aliphatic rings. The second-order valence-electron chi connectivity index (χ2n) is 5.34. The summed E-state index contributed by atoms with van der Waals surface area (Å²) in [6.45, 7) is 0. The first-order valence-electron chi connectivity index (χ1n) is 7.23. The molecule has 0 saturated carbocycles. The van der Waals surface area contributed by atoms with Gasteiger partial charge in [0.1, 0.15) is 0 Å². The van der Waals surface area contributed by atoms with Crippen molar-refractivity contribution in [3.8, 4) is 0 Å². The third kappa shape index (κ3) is 3.49. The lowest BCUT2D eigenvalue weighted by molar-refractivity contribution is -0.0435. The van der Waals surface area contributed by atoms with Crippen molar-refractivity contribution in [2.75, 3.05) is 10.6 Å². The monoisotopic (exact) mass is 383 g/mol. The van der Waals surface area contributed by atoms with E-state index in [1.165, 1.54) is 6.07 Å². The van der Waals surface area contributed by atoms with Crippen molar-refractivity contribution in [3.05, 3.63) is 54.7 Å². The highest BCUT2D eigenvalue weighted by Crippen LogP contribution is 2.31. The van der Waals surface area contributed by atoms with E-state index < -0.39 is 26.3 Å². The molecule has 0 radical (unpaired) electrons. The van der Waals surface area contributed by atoms with Gasteiger partial charge in [0.2, 0.25) is 0 Å². The summed E-state index contributed by atoms with van der Waals surface area (Å²) in [5.41, 5.74) is -4.26. The number of benzene rings is 2. The molecule has 0 saturated heterocycles. The maximum absolute atomic E-state index is 12.6.